The molecule has 32 heavy (non-hydrogen) atoms. The molecular formula is C24H23BrN2O5. The lowest BCUT2D eigenvalue weighted by Gasteiger charge is -2.18. The fraction of sp³-hybridized carbons (Fsp3) is 0.208. The Hall–Kier alpha value is -3.39. The molecule has 166 valence electrons. The minimum atomic E-state index is -0.980. The molecule has 0 saturated heterocycles. The van der Waals surface area contributed by atoms with Crippen LogP contribution in [-0.4, -0.2) is 30.4 Å². The maximum absolute atomic E-state index is 12.7. The lowest BCUT2D eigenvalue weighted by molar-refractivity contribution is -0.150. The third-order valence-corrected chi connectivity index (χ3v) is 5.24. The molecule has 0 fully saturated rings. The summed E-state index contributed by atoms with van der Waals surface area (Å²) in [6.45, 7) is 1.38. The number of benzene rings is 2. The summed E-state index contributed by atoms with van der Waals surface area (Å²) in [5, 5.41) is 5.41. The van der Waals surface area contributed by atoms with Crippen molar-refractivity contribution >= 4 is 33.7 Å². The average molecular weight is 499 g/mol. The normalized spacial score (nSPS) is 12.4. The Bertz CT molecular complexity index is 1040. The van der Waals surface area contributed by atoms with Gasteiger partial charge in [0.25, 0.3) is 11.8 Å². The number of hydrogen-bond acceptors (Lipinski definition) is 5. The Labute approximate surface area is 194 Å². The van der Waals surface area contributed by atoms with Crippen LogP contribution in [0.4, 0.5) is 0 Å². The maximum Gasteiger partial charge on any atom is 0.329 e. The van der Waals surface area contributed by atoms with Crippen LogP contribution < -0.4 is 10.6 Å². The summed E-state index contributed by atoms with van der Waals surface area (Å²) in [6.07, 6.45) is 1.58. The van der Waals surface area contributed by atoms with Gasteiger partial charge in [0.15, 0.2) is 12.4 Å². The van der Waals surface area contributed by atoms with Crippen LogP contribution in [0.15, 0.2) is 81.9 Å². The molecule has 0 aliphatic rings. The number of halogens is 1. The predicted molar refractivity (Wildman–Crippen MR) is 122 cm³/mol. The van der Waals surface area contributed by atoms with Gasteiger partial charge in [-0.05, 0) is 42.3 Å². The van der Waals surface area contributed by atoms with Gasteiger partial charge in [0.1, 0.15) is 6.04 Å². The van der Waals surface area contributed by atoms with E-state index in [1.807, 2.05) is 61.5 Å². The van der Waals surface area contributed by atoms with Gasteiger partial charge in [-0.1, -0.05) is 58.4 Å². The quantitative estimate of drug-likeness (QED) is 0.437. The average Bonchev–Trinajstić information content (AvgIpc) is 3.33. The minimum absolute atomic E-state index is 0.0805. The van der Waals surface area contributed by atoms with Gasteiger partial charge < -0.3 is 19.8 Å². The second kappa shape index (κ2) is 11.3. The summed E-state index contributed by atoms with van der Waals surface area (Å²) >= 11 is 3.37. The summed E-state index contributed by atoms with van der Waals surface area (Å²) in [5.74, 6) is -1.61. The van der Waals surface area contributed by atoms with E-state index in [1.165, 1.54) is 12.3 Å². The van der Waals surface area contributed by atoms with Crippen molar-refractivity contribution in [2.24, 2.45) is 0 Å². The summed E-state index contributed by atoms with van der Waals surface area (Å²) in [5.41, 5.74) is 1.75. The Balaban J connectivity index is 1.58. The van der Waals surface area contributed by atoms with Gasteiger partial charge >= 0.3 is 5.97 Å². The molecular weight excluding hydrogens is 476 g/mol. The summed E-state index contributed by atoms with van der Waals surface area (Å²) in [7, 11) is 0. The molecule has 0 aliphatic carbocycles. The molecule has 2 aromatic carbocycles. The number of furan rings is 1. The fourth-order valence-electron chi connectivity index (χ4n) is 3.04. The maximum atomic E-state index is 12.7. The van der Waals surface area contributed by atoms with Crippen LogP contribution in [0.25, 0.3) is 0 Å². The first-order chi connectivity index (χ1) is 15.4. The standard InChI is InChI=1S/C24H23BrN2O5/c1-16(18-9-11-19(25)12-10-18)26-22(28)15-32-24(30)20(14-17-6-3-2-4-7-17)27-23(29)21-8-5-13-31-21/h2-13,16,20H,14-15H2,1H3,(H,26,28)(H,27,29)/t16-,20+/m1/s1. The smallest absolute Gasteiger partial charge is 0.329 e. The van der Waals surface area contributed by atoms with Crippen LogP contribution in [0, 0.1) is 0 Å². The van der Waals surface area contributed by atoms with E-state index < -0.39 is 30.4 Å². The lowest BCUT2D eigenvalue weighted by Crippen LogP contribution is -2.44. The van der Waals surface area contributed by atoms with E-state index in [9.17, 15) is 14.4 Å². The molecule has 3 rings (SSSR count). The van der Waals surface area contributed by atoms with Gasteiger partial charge in [-0.2, -0.15) is 0 Å². The van der Waals surface area contributed by atoms with Crippen molar-refractivity contribution in [3.63, 3.8) is 0 Å². The molecule has 1 aromatic heterocycles. The highest BCUT2D eigenvalue weighted by Gasteiger charge is 2.25. The molecule has 3 aromatic rings. The number of carbonyl (C=O) groups is 3. The molecule has 2 amide bonds. The first-order valence-electron chi connectivity index (χ1n) is 10.0. The Kier molecular flexibility index (Phi) is 8.21. The SMILES string of the molecule is C[C@@H](NC(=O)COC(=O)[C@H](Cc1ccccc1)NC(=O)c1ccco1)c1ccc(Br)cc1. The molecule has 2 N–H and O–H groups in total. The van der Waals surface area contributed by atoms with Gasteiger partial charge in [0.2, 0.25) is 0 Å². The lowest BCUT2D eigenvalue weighted by atomic mass is 10.1. The highest BCUT2D eigenvalue weighted by Crippen LogP contribution is 2.16. The summed E-state index contributed by atoms with van der Waals surface area (Å²) in [6, 6.07) is 18.6. The van der Waals surface area contributed by atoms with E-state index in [0.717, 1.165) is 15.6 Å². The number of rotatable bonds is 9. The predicted octanol–water partition coefficient (Wildman–Crippen LogP) is 3.80. The third kappa shape index (κ3) is 6.81. The molecule has 0 saturated carbocycles. The van der Waals surface area contributed by atoms with Crippen LogP contribution in [0.2, 0.25) is 0 Å². The molecule has 1 heterocycles. The van der Waals surface area contributed by atoms with Gasteiger partial charge in [0.05, 0.1) is 12.3 Å². The van der Waals surface area contributed by atoms with Crippen molar-refractivity contribution in [2.75, 3.05) is 6.61 Å². The van der Waals surface area contributed by atoms with Gasteiger partial charge in [-0.3, -0.25) is 9.59 Å². The monoisotopic (exact) mass is 498 g/mol. The second-order valence-corrected chi connectivity index (χ2v) is 8.06. The Morgan fingerprint density at radius 3 is 2.34 bits per heavy atom. The number of esters is 1. The summed E-state index contributed by atoms with van der Waals surface area (Å²) in [4.78, 5) is 37.4. The fourth-order valence-corrected chi connectivity index (χ4v) is 3.30. The van der Waals surface area contributed by atoms with Gasteiger partial charge in [-0.15, -0.1) is 0 Å². The number of carbonyl (C=O) groups excluding carboxylic acids is 3. The third-order valence-electron chi connectivity index (χ3n) is 4.71. The number of hydrogen-bond donors (Lipinski definition) is 2. The molecule has 0 unspecified atom stereocenters. The first kappa shape index (κ1) is 23.3. The molecule has 0 radical (unpaired) electrons. The van der Waals surface area contributed by atoms with E-state index >= 15 is 0 Å². The number of amides is 2. The number of nitrogens with one attached hydrogen (secondary N) is 2. The minimum Gasteiger partial charge on any atom is -0.459 e. The largest absolute Gasteiger partial charge is 0.459 e. The van der Waals surface area contributed by atoms with Crippen molar-refractivity contribution in [3.8, 4) is 0 Å². The van der Waals surface area contributed by atoms with E-state index in [1.54, 1.807) is 6.07 Å². The molecule has 0 spiro atoms. The van der Waals surface area contributed by atoms with Crippen molar-refractivity contribution in [3.05, 3.63) is 94.4 Å². The van der Waals surface area contributed by atoms with Crippen LogP contribution >= 0.6 is 15.9 Å². The van der Waals surface area contributed by atoms with Crippen LogP contribution in [0.1, 0.15) is 34.6 Å². The zero-order valence-corrected chi connectivity index (χ0v) is 19.0. The highest BCUT2D eigenvalue weighted by atomic mass is 79.9. The van der Waals surface area contributed by atoms with Crippen molar-refractivity contribution < 1.29 is 23.5 Å². The summed E-state index contributed by atoms with van der Waals surface area (Å²) < 4.78 is 11.2. The molecule has 0 bridgehead atoms. The van der Waals surface area contributed by atoms with E-state index in [4.69, 9.17) is 9.15 Å². The zero-order chi connectivity index (χ0) is 22.9. The van der Waals surface area contributed by atoms with Crippen LogP contribution in [-0.2, 0) is 20.7 Å². The van der Waals surface area contributed by atoms with Gasteiger partial charge in [-0.25, -0.2) is 4.79 Å². The topological polar surface area (TPSA) is 97.6 Å². The zero-order valence-electron chi connectivity index (χ0n) is 17.4. The first-order valence-corrected chi connectivity index (χ1v) is 10.8. The van der Waals surface area contributed by atoms with Crippen LogP contribution in [0.5, 0.6) is 0 Å². The number of ether oxygens (including phenoxy) is 1. The van der Waals surface area contributed by atoms with Crippen LogP contribution in [0.3, 0.4) is 0 Å². The second-order valence-electron chi connectivity index (χ2n) is 7.14. The Morgan fingerprint density at radius 1 is 0.969 bits per heavy atom. The van der Waals surface area contributed by atoms with Gasteiger partial charge in [0, 0.05) is 10.9 Å². The van der Waals surface area contributed by atoms with Crippen molar-refractivity contribution in [2.45, 2.75) is 25.4 Å². The Morgan fingerprint density at radius 2 is 1.69 bits per heavy atom. The van der Waals surface area contributed by atoms with E-state index in [-0.39, 0.29) is 18.2 Å². The molecule has 2 atom stereocenters. The molecule has 8 heteroatoms. The van der Waals surface area contributed by atoms with E-state index in [0.29, 0.717) is 0 Å². The van der Waals surface area contributed by atoms with Crippen molar-refractivity contribution in [1.29, 1.82) is 0 Å². The van der Waals surface area contributed by atoms with E-state index in [2.05, 4.69) is 26.6 Å². The molecule has 0 aliphatic heterocycles. The van der Waals surface area contributed by atoms with Crippen molar-refractivity contribution in [1.82, 2.24) is 10.6 Å². The molecule has 7 nitrogen and oxygen atoms in total. The highest BCUT2D eigenvalue weighted by molar-refractivity contribution is 9.10.